The molecule has 0 saturated carbocycles. The number of rotatable bonds is 26. The van der Waals surface area contributed by atoms with Crippen molar-refractivity contribution < 1.29 is 0 Å². The molecule has 0 atom stereocenters. The maximum atomic E-state index is 2.79. The van der Waals surface area contributed by atoms with Gasteiger partial charge in [-0.25, -0.2) is 0 Å². The molecule has 0 spiro atoms. The monoisotopic (exact) mass is 589 g/mol. The Morgan fingerprint density at radius 3 is 1.00 bits per heavy atom. The minimum absolute atomic E-state index is 1.09. The SMILES string of the molecule is CCCCCCCN(CCCCCCC)c1cccc2c1-c1c(cccc1N(CCCCCCC)CCCCCCC)C2. The second kappa shape index (κ2) is 21.7. The third kappa shape index (κ3) is 11.8. The highest BCUT2D eigenvalue weighted by Gasteiger charge is 2.28. The lowest BCUT2D eigenvalue weighted by atomic mass is 9.99. The van der Waals surface area contributed by atoms with Crippen LogP contribution >= 0.6 is 0 Å². The van der Waals surface area contributed by atoms with Crippen molar-refractivity contribution in [3.63, 3.8) is 0 Å². The molecule has 2 aromatic rings. The molecule has 3 rings (SSSR count). The first kappa shape index (κ1) is 35.5. The molecule has 0 heterocycles. The molecular weight excluding hydrogens is 520 g/mol. The van der Waals surface area contributed by atoms with Crippen molar-refractivity contribution in [2.24, 2.45) is 0 Å². The van der Waals surface area contributed by atoms with Gasteiger partial charge in [-0.3, -0.25) is 0 Å². The van der Waals surface area contributed by atoms with Crippen LogP contribution in [0.3, 0.4) is 0 Å². The Kier molecular flexibility index (Phi) is 17.9. The molecule has 0 fully saturated rings. The quantitative estimate of drug-likeness (QED) is 0.0861. The van der Waals surface area contributed by atoms with Crippen LogP contribution in [0.25, 0.3) is 11.1 Å². The summed E-state index contributed by atoms with van der Waals surface area (Å²) in [6, 6.07) is 14.5. The standard InChI is InChI=1S/C41H68N2/c1-5-9-13-17-21-31-42(32-22-18-14-10-6-2)38-29-25-27-36-35-37-28-26-30-39(41(37)40(36)38)43(33-23-19-15-11-7-3)34-24-20-16-12-8-4/h25-30H,5-24,31-35H2,1-4H3. The van der Waals surface area contributed by atoms with E-state index in [0.29, 0.717) is 0 Å². The Labute approximate surface area is 268 Å². The maximum Gasteiger partial charge on any atom is 0.0449 e. The van der Waals surface area contributed by atoms with Crippen LogP contribution in [0.4, 0.5) is 11.4 Å². The first-order valence-corrected chi connectivity index (χ1v) is 19.0. The molecule has 1 aliphatic rings. The largest absolute Gasteiger partial charge is 0.371 e. The topological polar surface area (TPSA) is 6.48 Å². The first-order valence-electron chi connectivity index (χ1n) is 19.0. The van der Waals surface area contributed by atoms with Crippen LogP contribution in [0.15, 0.2) is 36.4 Å². The van der Waals surface area contributed by atoms with Gasteiger partial charge in [0.2, 0.25) is 0 Å². The zero-order chi connectivity index (χ0) is 30.5. The lowest BCUT2D eigenvalue weighted by molar-refractivity contribution is 0.589. The number of unbranched alkanes of at least 4 members (excludes halogenated alkanes) is 16. The molecule has 2 heteroatoms. The Hall–Kier alpha value is -1.96. The maximum absolute atomic E-state index is 2.79. The molecule has 43 heavy (non-hydrogen) atoms. The van der Waals surface area contributed by atoms with Gasteiger partial charge in [0.25, 0.3) is 0 Å². The van der Waals surface area contributed by atoms with Crippen LogP contribution in [0, 0.1) is 0 Å². The van der Waals surface area contributed by atoms with E-state index in [1.54, 1.807) is 22.3 Å². The van der Waals surface area contributed by atoms with E-state index in [4.69, 9.17) is 0 Å². The van der Waals surface area contributed by atoms with Crippen LogP contribution in [0.5, 0.6) is 0 Å². The molecule has 0 aliphatic heterocycles. The molecule has 0 N–H and O–H groups in total. The number of fused-ring (bicyclic) bond motifs is 3. The van der Waals surface area contributed by atoms with E-state index in [-0.39, 0.29) is 0 Å². The van der Waals surface area contributed by atoms with E-state index < -0.39 is 0 Å². The van der Waals surface area contributed by atoms with Crippen molar-refractivity contribution in [1.82, 2.24) is 0 Å². The zero-order valence-corrected chi connectivity index (χ0v) is 29.0. The minimum atomic E-state index is 1.09. The molecule has 0 saturated heterocycles. The molecule has 242 valence electrons. The third-order valence-corrected chi connectivity index (χ3v) is 9.70. The van der Waals surface area contributed by atoms with Gasteiger partial charge < -0.3 is 9.80 Å². The summed E-state index contributed by atoms with van der Waals surface area (Å²) in [4.78, 5) is 5.59. The van der Waals surface area contributed by atoms with E-state index in [0.717, 1.165) is 6.42 Å². The normalized spacial score (nSPS) is 12.0. The summed E-state index contributed by atoms with van der Waals surface area (Å²) in [5, 5.41) is 0. The van der Waals surface area contributed by atoms with Crippen molar-refractivity contribution in [2.75, 3.05) is 36.0 Å². The van der Waals surface area contributed by atoms with Gasteiger partial charge >= 0.3 is 0 Å². The van der Waals surface area contributed by atoms with Gasteiger partial charge in [0.05, 0.1) is 0 Å². The van der Waals surface area contributed by atoms with E-state index in [1.165, 1.54) is 166 Å². The summed E-state index contributed by atoms with van der Waals surface area (Å²) < 4.78 is 0. The van der Waals surface area contributed by atoms with E-state index in [9.17, 15) is 0 Å². The fourth-order valence-electron chi connectivity index (χ4n) is 7.11. The molecule has 1 aliphatic carbocycles. The van der Waals surface area contributed by atoms with Gasteiger partial charge in [-0.05, 0) is 55.4 Å². The Morgan fingerprint density at radius 1 is 0.395 bits per heavy atom. The average Bonchev–Trinajstić information content (AvgIpc) is 3.42. The van der Waals surface area contributed by atoms with Gasteiger partial charge in [0.15, 0.2) is 0 Å². The highest BCUT2D eigenvalue weighted by atomic mass is 15.1. The summed E-state index contributed by atoms with van der Waals surface area (Å²) in [7, 11) is 0. The van der Waals surface area contributed by atoms with Crippen molar-refractivity contribution >= 4 is 11.4 Å². The van der Waals surface area contributed by atoms with Crippen LogP contribution < -0.4 is 9.80 Å². The second-order valence-electron chi connectivity index (χ2n) is 13.4. The molecular formula is C41H68N2. The molecule has 0 amide bonds. The van der Waals surface area contributed by atoms with Crippen molar-refractivity contribution in [3.8, 4) is 11.1 Å². The molecule has 0 radical (unpaired) electrons. The predicted octanol–water partition coefficient (Wildman–Crippen LogP) is 12.8. The predicted molar refractivity (Wildman–Crippen MR) is 194 cm³/mol. The number of anilines is 2. The minimum Gasteiger partial charge on any atom is -0.371 e. The molecule has 2 aromatic carbocycles. The summed E-state index contributed by atoms with van der Waals surface area (Å²) in [5.41, 5.74) is 9.26. The number of hydrogen-bond donors (Lipinski definition) is 0. The van der Waals surface area contributed by atoms with Gasteiger partial charge in [-0.1, -0.05) is 155 Å². The fraction of sp³-hybridized carbons (Fsp3) is 0.707. The van der Waals surface area contributed by atoms with E-state index in [2.05, 4.69) is 73.9 Å². The summed E-state index contributed by atoms with van der Waals surface area (Å²) in [5.74, 6) is 0. The van der Waals surface area contributed by atoms with Crippen molar-refractivity contribution in [3.05, 3.63) is 47.5 Å². The second-order valence-corrected chi connectivity index (χ2v) is 13.4. The molecule has 0 bridgehead atoms. The van der Waals surface area contributed by atoms with Crippen molar-refractivity contribution in [1.29, 1.82) is 0 Å². The first-order chi connectivity index (χ1) is 21.2. The smallest absolute Gasteiger partial charge is 0.0449 e. The Balaban J connectivity index is 1.88. The summed E-state index contributed by atoms with van der Waals surface area (Å²) in [6.07, 6.45) is 28.1. The van der Waals surface area contributed by atoms with E-state index >= 15 is 0 Å². The third-order valence-electron chi connectivity index (χ3n) is 9.70. The number of nitrogens with zero attached hydrogens (tertiary/aromatic N) is 2. The number of benzene rings is 2. The van der Waals surface area contributed by atoms with Gasteiger partial charge in [-0.2, -0.15) is 0 Å². The summed E-state index contributed by atoms with van der Waals surface area (Å²) >= 11 is 0. The summed E-state index contributed by atoms with van der Waals surface area (Å²) in [6.45, 7) is 14.1. The van der Waals surface area contributed by atoms with Crippen LogP contribution in [0.1, 0.15) is 167 Å². The Morgan fingerprint density at radius 2 is 0.698 bits per heavy atom. The Bertz CT molecular complexity index is 888. The van der Waals surface area contributed by atoms with Crippen LogP contribution in [-0.4, -0.2) is 26.2 Å². The molecule has 0 aromatic heterocycles. The van der Waals surface area contributed by atoms with Crippen molar-refractivity contribution in [2.45, 2.75) is 163 Å². The number of hydrogen-bond acceptors (Lipinski definition) is 2. The van der Waals surface area contributed by atoms with Gasteiger partial charge in [0, 0.05) is 48.7 Å². The fourth-order valence-corrected chi connectivity index (χ4v) is 7.11. The highest BCUT2D eigenvalue weighted by Crippen LogP contribution is 2.48. The molecule has 2 nitrogen and oxygen atoms in total. The lowest BCUT2D eigenvalue weighted by Gasteiger charge is -2.31. The van der Waals surface area contributed by atoms with Crippen LogP contribution in [-0.2, 0) is 6.42 Å². The molecule has 0 unspecified atom stereocenters. The van der Waals surface area contributed by atoms with E-state index in [1.807, 2.05) is 0 Å². The lowest BCUT2D eigenvalue weighted by Crippen LogP contribution is -2.28. The van der Waals surface area contributed by atoms with Gasteiger partial charge in [0.1, 0.15) is 0 Å². The highest BCUT2D eigenvalue weighted by molar-refractivity contribution is 5.94. The van der Waals surface area contributed by atoms with Crippen LogP contribution in [0.2, 0.25) is 0 Å². The van der Waals surface area contributed by atoms with Gasteiger partial charge in [-0.15, -0.1) is 0 Å². The zero-order valence-electron chi connectivity index (χ0n) is 29.0. The average molecular weight is 589 g/mol.